The normalized spacial score (nSPS) is 12.1. The summed E-state index contributed by atoms with van der Waals surface area (Å²) in [6.07, 6.45) is 0. The molecule has 0 N–H and O–H groups in total. The Morgan fingerprint density at radius 3 is 1.95 bits per heavy atom. The number of hydrogen-bond donors (Lipinski definition) is 0. The zero-order valence-corrected chi connectivity index (χ0v) is 13.3. The molecule has 2 aromatic rings. The third kappa shape index (κ3) is 3.30. The van der Waals surface area contributed by atoms with Gasteiger partial charge >= 0.3 is 0 Å². The summed E-state index contributed by atoms with van der Waals surface area (Å²) in [4.78, 5) is 0. The van der Waals surface area contributed by atoms with E-state index in [9.17, 15) is 4.39 Å². The zero-order chi connectivity index (χ0) is 15.6. The van der Waals surface area contributed by atoms with Crippen molar-refractivity contribution in [3.8, 4) is 11.5 Å². The summed E-state index contributed by atoms with van der Waals surface area (Å²) in [7, 11) is 2.98. The van der Waals surface area contributed by atoms with Gasteiger partial charge in [-0.1, -0.05) is 29.3 Å². The molecule has 1 unspecified atom stereocenters. The first-order valence-electron chi connectivity index (χ1n) is 6.60. The van der Waals surface area contributed by atoms with E-state index in [1.807, 2.05) is 26.0 Å². The van der Waals surface area contributed by atoms with Crippen molar-refractivity contribution < 1.29 is 13.9 Å². The minimum atomic E-state index is -0.580. The van der Waals surface area contributed by atoms with Gasteiger partial charge < -0.3 is 9.47 Å². The summed E-state index contributed by atoms with van der Waals surface area (Å²) in [6.45, 7) is 3.98. The second kappa shape index (κ2) is 6.35. The van der Waals surface area contributed by atoms with Crippen LogP contribution >= 0.6 is 11.6 Å². The molecule has 2 aromatic carbocycles. The highest BCUT2D eigenvalue weighted by Crippen LogP contribution is 2.37. The van der Waals surface area contributed by atoms with Gasteiger partial charge in [0.25, 0.3) is 0 Å². The van der Waals surface area contributed by atoms with Gasteiger partial charge in [0.2, 0.25) is 0 Å². The number of rotatable bonds is 4. The number of methoxy groups -OCH3 is 2. The number of benzene rings is 2. The Labute approximate surface area is 129 Å². The maximum Gasteiger partial charge on any atom is 0.163 e. The molecular formula is C17H18ClFO2. The first-order chi connectivity index (χ1) is 9.96. The third-order valence-electron chi connectivity index (χ3n) is 3.31. The smallest absolute Gasteiger partial charge is 0.163 e. The molecule has 21 heavy (non-hydrogen) atoms. The van der Waals surface area contributed by atoms with Crippen molar-refractivity contribution in [3.05, 3.63) is 58.4 Å². The van der Waals surface area contributed by atoms with Gasteiger partial charge in [0.15, 0.2) is 11.5 Å². The van der Waals surface area contributed by atoms with Crippen LogP contribution < -0.4 is 9.47 Å². The summed E-state index contributed by atoms with van der Waals surface area (Å²) < 4.78 is 24.6. The van der Waals surface area contributed by atoms with Crippen LogP contribution in [0.1, 0.15) is 27.6 Å². The number of halogens is 2. The Balaban J connectivity index is 2.49. The Hall–Kier alpha value is -1.74. The largest absolute Gasteiger partial charge is 0.493 e. The molecule has 0 saturated heterocycles. The van der Waals surface area contributed by atoms with Gasteiger partial charge in [-0.2, -0.15) is 0 Å². The molecule has 112 valence electrons. The fourth-order valence-electron chi connectivity index (χ4n) is 2.40. The fraction of sp³-hybridized carbons (Fsp3) is 0.294. The molecule has 0 fully saturated rings. The van der Waals surface area contributed by atoms with Gasteiger partial charge in [-0.3, -0.25) is 0 Å². The van der Waals surface area contributed by atoms with E-state index in [4.69, 9.17) is 21.1 Å². The van der Waals surface area contributed by atoms with E-state index in [-0.39, 0.29) is 0 Å². The van der Waals surface area contributed by atoms with Crippen LogP contribution in [-0.4, -0.2) is 14.2 Å². The second-order valence-corrected chi connectivity index (χ2v) is 5.45. The lowest BCUT2D eigenvalue weighted by Crippen LogP contribution is -2.01. The summed E-state index contributed by atoms with van der Waals surface area (Å²) in [6, 6.07) is 8.86. The average molecular weight is 309 g/mol. The Morgan fingerprint density at radius 2 is 1.43 bits per heavy atom. The quantitative estimate of drug-likeness (QED) is 0.756. The minimum absolute atomic E-state index is 0.350. The summed E-state index contributed by atoms with van der Waals surface area (Å²) in [5.74, 6) is 0.402. The predicted octanol–water partition coefficient (Wildman–Crippen LogP) is 4.79. The number of ether oxygens (including phenoxy) is 2. The lowest BCUT2D eigenvalue weighted by atomic mass is 9.99. The summed E-state index contributed by atoms with van der Waals surface area (Å²) in [5.41, 5.74) is 3.42. The van der Waals surface area contributed by atoms with E-state index in [1.165, 1.54) is 20.3 Å². The van der Waals surface area contributed by atoms with Crippen molar-refractivity contribution in [1.29, 1.82) is 0 Å². The van der Waals surface area contributed by atoms with Crippen molar-refractivity contribution in [3.63, 3.8) is 0 Å². The highest BCUT2D eigenvalue weighted by Gasteiger charge is 2.19. The molecule has 0 heterocycles. The zero-order valence-electron chi connectivity index (χ0n) is 12.5. The SMILES string of the molecule is COc1cc(F)c(C(Cl)c2cc(C)cc(C)c2)cc1OC. The maximum absolute atomic E-state index is 14.3. The molecule has 0 aliphatic heterocycles. The molecule has 2 rings (SSSR count). The van der Waals surface area contributed by atoms with Crippen molar-refractivity contribution >= 4 is 11.6 Å². The van der Waals surface area contributed by atoms with Crippen molar-refractivity contribution in [2.75, 3.05) is 14.2 Å². The van der Waals surface area contributed by atoms with E-state index < -0.39 is 11.2 Å². The van der Waals surface area contributed by atoms with Gasteiger partial charge in [-0.15, -0.1) is 11.6 Å². The highest BCUT2D eigenvalue weighted by atomic mass is 35.5. The molecule has 0 saturated carbocycles. The molecule has 0 aromatic heterocycles. The number of alkyl halides is 1. The topological polar surface area (TPSA) is 18.5 Å². The molecule has 2 nitrogen and oxygen atoms in total. The molecule has 4 heteroatoms. The van der Waals surface area contributed by atoms with E-state index in [0.29, 0.717) is 17.1 Å². The Bertz CT molecular complexity index is 635. The molecule has 0 spiro atoms. The predicted molar refractivity (Wildman–Crippen MR) is 83.1 cm³/mol. The minimum Gasteiger partial charge on any atom is -0.493 e. The second-order valence-electron chi connectivity index (χ2n) is 5.01. The van der Waals surface area contributed by atoms with Crippen LogP contribution in [0.3, 0.4) is 0 Å². The Morgan fingerprint density at radius 1 is 0.905 bits per heavy atom. The molecule has 0 bridgehead atoms. The molecule has 1 atom stereocenters. The molecule has 0 aliphatic rings. The summed E-state index contributed by atoms with van der Waals surface area (Å²) >= 11 is 6.47. The first kappa shape index (κ1) is 15.6. The third-order valence-corrected chi connectivity index (χ3v) is 3.80. The van der Waals surface area contributed by atoms with Crippen LogP contribution in [0.5, 0.6) is 11.5 Å². The van der Waals surface area contributed by atoms with Crippen LogP contribution in [-0.2, 0) is 0 Å². The molecule has 0 amide bonds. The van der Waals surface area contributed by atoms with Gasteiger partial charge in [0, 0.05) is 11.6 Å². The lowest BCUT2D eigenvalue weighted by molar-refractivity contribution is 0.351. The monoisotopic (exact) mass is 308 g/mol. The van der Waals surface area contributed by atoms with Gasteiger partial charge in [0.1, 0.15) is 5.82 Å². The fourth-order valence-corrected chi connectivity index (χ4v) is 2.69. The van der Waals surface area contributed by atoms with Crippen molar-refractivity contribution in [2.24, 2.45) is 0 Å². The molecular weight excluding hydrogens is 291 g/mol. The first-order valence-corrected chi connectivity index (χ1v) is 7.03. The number of aryl methyl sites for hydroxylation is 2. The van der Waals surface area contributed by atoms with E-state index >= 15 is 0 Å². The van der Waals surface area contributed by atoms with E-state index in [0.717, 1.165) is 16.7 Å². The molecule has 0 aliphatic carbocycles. The van der Waals surface area contributed by atoms with Crippen molar-refractivity contribution in [1.82, 2.24) is 0 Å². The van der Waals surface area contributed by atoms with Crippen LogP contribution in [0.25, 0.3) is 0 Å². The van der Waals surface area contributed by atoms with Crippen LogP contribution in [0.2, 0.25) is 0 Å². The lowest BCUT2D eigenvalue weighted by Gasteiger charge is -2.16. The highest BCUT2D eigenvalue weighted by molar-refractivity contribution is 6.22. The van der Waals surface area contributed by atoms with Gasteiger partial charge in [0.05, 0.1) is 19.6 Å². The van der Waals surface area contributed by atoms with E-state index in [2.05, 4.69) is 6.07 Å². The molecule has 0 radical (unpaired) electrons. The standard InChI is InChI=1S/C17H18ClFO2/c1-10-5-11(2)7-12(6-10)17(18)13-8-15(20-3)16(21-4)9-14(13)19/h5-9,17H,1-4H3. The maximum atomic E-state index is 14.3. The average Bonchev–Trinajstić information content (AvgIpc) is 2.45. The van der Waals surface area contributed by atoms with Gasteiger partial charge in [-0.25, -0.2) is 4.39 Å². The van der Waals surface area contributed by atoms with Crippen LogP contribution in [0, 0.1) is 19.7 Å². The van der Waals surface area contributed by atoms with Crippen LogP contribution in [0.15, 0.2) is 30.3 Å². The number of hydrogen-bond acceptors (Lipinski definition) is 2. The van der Waals surface area contributed by atoms with E-state index in [1.54, 1.807) is 6.07 Å². The summed E-state index contributed by atoms with van der Waals surface area (Å²) in [5, 5.41) is -0.580. The van der Waals surface area contributed by atoms with Gasteiger partial charge in [-0.05, 0) is 25.5 Å². The van der Waals surface area contributed by atoms with Crippen molar-refractivity contribution in [2.45, 2.75) is 19.2 Å². The van der Waals surface area contributed by atoms with Crippen LogP contribution in [0.4, 0.5) is 4.39 Å². The Kier molecular flexibility index (Phi) is 4.73.